The molecule has 0 fully saturated rings. The summed E-state index contributed by atoms with van der Waals surface area (Å²) in [6, 6.07) is 9.50. The zero-order valence-corrected chi connectivity index (χ0v) is 19.8. The number of primary sulfonamides is 1. The van der Waals surface area contributed by atoms with Crippen molar-refractivity contribution in [1.82, 2.24) is 0 Å². The first-order valence-corrected chi connectivity index (χ1v) is 12.1. The quantitative estimate of drug-likeness (QED) is 0.460. The lowest BCUT2D eigenvalue weighted by Crippen LogP contribution is -2.26. The molecule has 196 valence electrons. The van der Waals surface area contributed by atoms with E-state index in [0.29, 0.717) is 5.56 Å². The molecule has 1 atom stereocenters. The standard InChI is InChI=1S/C24H19F5N2O5S/c1-35-19-9-15(16-10-36-11-17-14(16)6-3-7-18(17)25)20(22(26)21(19)24(27,28)29)23(32)31-12-4-2-5-13(8-12)37(30,33)34/h2-9,16H,10-11H2,1H3,(H,31,32)(H2,30,33,34). The average Bonchev–Trinajstić information content (AvgIpc) is 2.82. The second-order valence-corrected chi connectivity index (χ2v) is 9.69. The van der Waals surface area contributed by atoms with Gasteiger partial charge in [0.05, 0.1) is 30.8 Å². The summed E-state index contributed by atoms with van der Waals surface area (Å²) in [4.78, 5) is 12.9. The van der Waals surface area contributed by atoms with Crippen molar-refractivity contribution in [3.05, 3.63) is 88.0 Å². The monoisotopic (exact) mass is 542 g/mol. The Kier molecular flexibility index (Phi) is 6.97. The fourth-order valence-corrected chi connectivity index (χ4v) is 4.76. The third kappa shape index (κ3) is 5.15. The van der Waals surface area contributed by atoms with Gasteiger partial charge in [0.25, 0.3) is 5.91 Å². The zero-order valence-electron chi connectivity index (χ0n) is 19.0. The Bertz CT molecular complexity index is 1490. The highest BCUT2D eigenvalue weighted by molar-refractivity contribution is 7.89. The number of rotatable bonds is 5. The van der Waals surface area contributed by atoms with Crippen molar-refractivity contribution >= 4 is 21.6 Å². The maximum atomic E-state index is 15.6. The Morgan fingerprint density at radius 1 is 1.11 bits per heavy atom. The minimum Gasteiger partial charge on any atom is -0.496 e. The van der Waals surface area contributed by atoms with Crippen molar-refractivity contribution in [3.63, 3.8) is 0 Å². The number of halogens is 5. The smallest absolute Gasteiger partial charge is 0.422 e. The maximum Gasteiger partial charge on any atom is 0.422 e. The number of carbonyl (C=O) groups is 1. The van der Waals surface area contributed by atoms with Crippen molar-refractivity contribution in [3.8, 4) is 5.75 Å². The zero-order chi connectivity index (χ0) is 27.1. The highest BCUT2D eigenvalue weighted by Gasteiger charge is 2.42. The van der Waals surface area contributed by atoms with Gasteiger partial charge in [-0.15, -0.1) is 0 Å². The first-order chi connectivity index (χ1) is 17.3. The van der Waals surface area contributed by atoms with E-state index in [9.17, 15) is 30.8 Å². The van der Waals surface area contributed by atoms with Crippen LogP contribution in [0.2, 0.25) is 0 Å². The summed E-state index contributed by atoms with van der Waals surface area (Å²) < 4.78 is 105. The summed E-state index contributed by atoms with van der Waals surface area (Å²) >= 11 is 0. The topological polar surface area (TPSA) is 108 Å². The van der Waals surface area contributed by atoms with E-state index in [0.717, 1.165) is 25.3 Å². The normalized spacial score (nSPS) is 15.7. The van der Waals surface area contributed by atoms with E-state index >= 15 is 4.39 Å². The number of methoxy groups -OCH3 is 1. The van der Waals surface area contributed by atoms with Gasteiger partial charge >= 0.3 is 6.18 Å². The molecular weight excluding hydrogens is 523 g/mol. The van der Waals surface area contributed by atoms with E-state index < -0.39 is 56.5 Å². The number of amides is 1. The number of benzene rings is 3. The number of sulfonamides is 1. The van der Waals surface area contributed by atoms with Crippen molar-refractivity contribution < 1.29 is 44.6 Å². The average molecular weight is 542 g/mol. The minimum atomic E-state index is -5.23. The van der Waals surface area contributed by atoms with E-state index in [1.54, 1.807) is 0 Å². The second-order valence-electron chi connectivity index (χ2n) is 8.13. The molecule has 0 radical (unpaired) electrons. The van der Waals surface area contributed by atoms with Crippen LogP contribution in [0.1, 0.15) is 38.5 Å². The first-order valence-electron chi connectivity index (χ1n) is 10.6. The van der Waals surface area contributed by atoms with Gasteiger partial charge in [0.1, 0.15) is 17.1 Å². The summed E-state index contributed by atoms with van der Waals surface area (Å²) in [6.45, 7) is -0.313. The SMILES string of the molecule is COc1cc(C2COCc3c(F)cccc32)c(C(=O)Nc2cccc(S(N)(=O)=O)c2)c(F)c1C(F)(F)F. The molecule has 0 saturated heterocycles. The van der Waals surface area contributed by atoms with Gasteiger partial charge in [-0.3, -0.25) is 4.79 Å². The highest BCUT2D eigenvalue weighted by atomic mass is 32.2. The molecule has 0 aliphatic carbocycles. The van der Waals surface area contributed by atoms with Crippen LogP contribution in [-0.4, -0.2) is 28.0 Å². The molecule has 1 aliphatic heterocycles. The minimum absolute atomic E-state index is 0.116. The molecule has 7 nitrogen and oxygen atoms in total. The van der Waals surface area contributed by atoms with Crippen LogP contribution in [0.5, 0.6) is 5.75 Å². The highest BCUT2D eigenvalue weighted by Crippen LogP contribution is 2.44. The van der Waals surface area contributed by atoms with Gasteiger partial charge in [-0.1, -0.05) is 18.2 Å². The molecule has 0 spiro atoms. The third-order valence-corrected chi connectivity index (χ3v) is 6.76. The van der Waals surface area contributed by atoms with Crippen LogP contribution in [0, 0.1) is 11.6 Å². The van der Waals surface area contributed by atoms with E-state index in [2.05, 4.69) is 5.32 Å². The summed E-state index contributed by atoms with van der Waals surface area (Å²) in [5.74, 6) is -5.76. The number of anilines is 1. The van der Waals surface area contributed by atoms with Gasteiger partial charge in [-0.25, -0.2) is 22.3 Å². The van der Waals surface area contributed by atoms with Crippen LogP contribution in [0.25, 0.3) is 0 Å². The number of nitrogens with two attached hydrogens (primary N) is 1. The van der Waals surface area contributed by atoms with E-state index in [1.165, 1.54) is 30.3 Å². The van der Waals surface area contributed by atoms with Crippen molar-refractivity contribution in [1.29, 1.82) is 0 Å². The fourth-order valence-electron chi connectivity index (χ4n) is 4.20. The Hall–Kier alpha value is -3.55. The van der Waals surface area contributed by atoms with Crippen molar-refractivity contribution in [2.45, 2.75) is 23.6 Å². The number of carbonyl (C=O) groups excluding carboxylic acids is 1. The van der Waals surface area contributed by atoms with Crippen LogP contribution < -0.4 is 15.2 Å². The maximum absolute atomic E-state index is 15.6. The van der Waals surface area contributed by atoms with E-state index in [1.807, 2.05) is 0 Å². The van der Waals surface area contributed by atoms with Gasteiger partial charge in [0, 0.05) is 17.2 Å². The van der Waals surface area contributed by atoms with Crippen LogP contribution in [0.15, 0.2) is 53.4 Å². The summed E-state index contributed by atoms with van der Waals surface area (Å²) in [7, 11) is -3.26. The first kappa shape index (κ1) is 26.5. The van der Waals surface area contributed by atoms with Gasteiger partial charge < -0.3 is 14.8 Å². The van der Waals surface area contributed by atoms with Gasteiger partial charge in [0.2, 0.25) is 10.0 Å². The molecule has 3 aromatic rings. The number of hydrogen-bond donors (Lipinski definition) is 2. The molecule has 3 aromatic carbocycles. The second kappa shape index (κ2) is 9.72. The van der Waals surface area contributed by atoms with Crippen molar-refractivity contribution in [2.24, 2.45) is 5.14 Å². The lowest BCUT2D eigenvalue weighted by Gasteiger charge is -2.29. The van der Waals surface area contributed by atoms with Crippen LogP contribution in [-0.2, 0) is 27.5 Å². The molecule has 0 saturated carbocycles. The molecule has 1 aliphatic rings. The molecule has 0 aromatic heterocycles. The lowest BCUT2D eigenvalue weighted by molar-refractivity contribution is -0.141. The van der Waals surface area contributed by atoms with Crippen LogP contribution in [0.3, 0.4) is 0 Å². The van der Waals surface area contributed by atoms with Crippen molar-refractivity contribution in [2.75, 3.05) is 19.0 Å². The van der Waals surface area contributed by atoms with Gasteiger partial charge in [0.15, 0.2) is 5.82 Å². The number of nitrogens with one attached hydrogen (secondary N) is 1. The van der Waals surface area contributed by atoms with E-state index in [4.69, 9.17) is 14.6 Å². The fraction of sp³-hybridized carbons (Fsp3) is 0.208. The third-order valence-electron chi connectivity index (χ3n) is 5.85. The lowest BCUT2D eigenvalue weighted by atomic mass is 9.83. The Labute approximate surface area is 208 Å². The molecular formula is C24H19F5N2O5S. The predicted octanol–water partition coefficient (Wildman–Crippen LogP) is 4.55. The number of ether oxygens (including phenoxy) is 2. The van der Waals surface area contributed by atoms with Crippen LogP contribution in [0.4, 0.5) is 27.6 Å². The number of hydrogen-bond acceptors (Lipinski definition) is 5. The molecule has 1 amide bonds. The Balaban J connectivity index is 1.92. The van der Waals surface area contributed by atoms with Gasteiger partial charge in [-0.05, 0) is 41.5 Å². The van der Waals surface area contributed by atoms with Gasteiger partial charge in [-0.2, -0.15) is 13.2 Å². The molecule has 1 heterocycles. The summed E-state index contributed by atoms with van der Waals surface area (Å²) in [5, 5.41) is 7.31. The van der Waals surface area contributed by atoms with E-state index in [-0.39, 0.29) is 34.9 Å². The predicted molar refractivity (Wildman–Crippen MR) is 122 cm³/mol. The molecule has 13 heteroatoms. The molecule has 37 heavy (non-hydrogen) atoms. The summed E-state index contributed by atoms with van der Waals surface area (Å²) in [5.41, 5.74) is -2.78. The Morgan fingerprint density at radius 2 is 1.81 bits per heavy atom. The molecule has 4 rings (SSSR count). The van der Waals surface area contributed by atoms with Crippen LogP contribution >= 0.6 is 0 Å². The summed E-state index contributed by atoms with van der Waals surface area (Å²) in [6.07, 6.45) is -5.23. The largest absolute Gasteiger partial charge is 0.496 e. The Morgan fingerprint density at radius 3 is 2.46 bits per heavy atom. The molecule has 1 unspecified atom stereocenters. The number of fused-ring (bicyclic) bond motifs is 1. The number of alkyl halides is 3. The molecule has 3 N–H and O–H groups in total. The molecule has 0 bridgehead atoms.